The van der Waals surface area contributed by atoms with Crippen LogP contribution in [0.15, 0.2) is 59.6 Å². The fourth-order valence-electron chi connectivity index (χ4n) is 4.19. The third-order valence-electron chi connectivity index (χ3n) is 5.80. The zero-order chi connectivity index (χ0) is 22.0. The molecular weight excluding hydrogens is 430 g/mol. The Morgan fingerprint density at radius 3 is 2.19 bits per heavy atom. The van der Waals surface area contributed by atoms with Crippen LogP contribution in [0.3, 0.4) is 0 Å². The lowest BCUT2D eigenvalue weighted by Gasteiger charge is -2.37. The predicted octanol–water partition coefficient (Wildman–Crippen LogP) is 5.15. The Kier molecular flexibility index (Phi) is 6.30. The van der Waals surface area contributed by atoms with Gasteiger partial charge in [-0.3, -0.25) is 0 Å². The zero-order valence-corrected chi connectivity index (χ0v) is 19.5. The standard InChI is InChI=1S/C24H28ClN3O2S/c1-3-17-31(29,30)24-22(25)21(20-12-8-7-9-18(20)2)23(26-24)28-15-13-27(14-16-28)19-10-5-4-6-11-19/h4-12,26H,3,13-17H2,1-2H3. The number of aromatic amines is 1. The number of nitrogens with one attached hydrogen (secondary N) is 1. The Balaban J connectivity index is 1.73. The van der Waals surface area contributed by atoms with Crippen LogP contribution in [-0.4, -0.2) is 45.3 Å². The number of rotatable bonds is 6. The summed E-state index contributed by atoms with van der Waals surface area (Å²) in [6.45, 7) is 7.14. The molecule has 0 unspecified atom stereocenters. The fraction of sp³-hybridized carbons (Fsp3) is 0.333. The minimum atomic E-state index is -3.48. The average molecular weight is 458 g/mol. The number of H-pyrrole nitrogens is 1. The molecule has 5 nitrogen and oxygen atoms in total. The number of piperazine rings is 1. The summed E-state index contributed by atoms with van der Waals surface area (Å²) in [5.74, 6) is 0.864. The van der Waals surface area contributed by atoms with Gasteiger partial charge in [0.05, 0.1) is 10.8 Å². The highest BCUT2D eigenvalue weighted by Crippen LogP contribution is 2.43. The molecule has 0 aliphatic carbocycles. The van der Waals surface area contributed by atoms with E-state index in [9.17, 15) is 8.42 Å². The van der Waals surface area contributed by atoms with E-state index < -0.39 is 9.84 Å². The molecule has 0 bridgehead atoms. The van der Waals surface area contributed by atoms with E-state index in [1.807, 2.05) is 56.3 Å². The highest BCUT2D eigenvalue weighted by atomic mass is 35.5. The van der Waals surface area contributed by atoms with E-state index in [1.54, 1.807) is 0 Å². The molecule has 0 radical (unpaired) electrons. The summed E-state index contributed by atoms with van der Waals surface area (Å²) in [5.41, 5.74) is 4.01. The number of sulfone groups is 1. The van der Waals surface area contributed by atoms with Crippen molar-refractivity contribution >= 4 is 32.9 Å². The van der Waals surface area contributed by atoms with Gasteiger partial charge >= 0.3 is 0 Å². The molecule has 0 amide bonds. The van der Waals surface area contributed by atoms with Gasteiger partial charge in [0.25, 0.3) is 0 Å². The van der Waals surface area contributed by atoms with Gasteiger partial charge in [0.15, 0.2) is 14.9 Å². The van der Waals surface area contributed by atoms with Crippen molar-refractivity contribution in [1.29, 1.82) is 0 Å². The molecule has 2 heterocycles. The Bertz CT molecular complexity index is 1150. The van der Waals surface area contributed by atoms with Gasteiger partial charge in [0.2, 0.25) is 0 Å². The number of hydrogen-bond donors (Lipinski definition) is 1. The molecule has 1 saturated heterocycles. The average Bonchev–Trinajstić information content (AvgIpc) is 3.13. The number of hydrogen-bond acceptors (Lipinski definition) is 4. The lowest BCUT2D eigenvalue weighted by molar-refractivity contribution is 0.591. The zero-order valence-electron chi connectivity index (χ0n) is 17.9. The van der Waals surface area contributed by atoms with Crippen molar-refractivity contribution in [2.75, 3.05) is 41.7 Å². The molecule has 1 aliphatic rings. The fourth-order valence-corrected chi connectivity index (χ4v) is 6.15. The van der Waals surface area contributed by atoms with Crippen molar-refractivity contribution in [3.63, 3.8) is 0 Å². The van der Waals surface area contributed by atoms with Crippen molar-refractivity contribution in [3.8, 4) is 11.1 Å². The molecule has 2 aromatic carbocycles. The Labute approximate surface area is 189 Å². The second-order valence-electron chi connectivity index (χ2n) is 7.94. The molecule has 164 valence electrons. The van der Waals surface area contributed by atoms with Crippen LogP contribution in [0.25, 0.3) is 11.1 Å². The van der Waals surface area contributed by atoms with Gasteiger partial charge in [-0.25, -0.2) is 8.42 Å². The molecule has 3 aromatic rings. The number of halogens is 1. The van der Waals surface area contributed by atoms with Gasteiger partial charge in [0, 0.05) is 37.4 Å². The number of aromatic nitrogens is 1. The summed E-state index contributed by atoms with van der Waals surface area (Å²) in [6.07, 6.45) is 0.544. The van der Waals surface area contributed by atoms with Crippen LogP contribution in [-0.2, 0) is 9.84 Å². The van der Waals surface area contributed by atoms with Gasteiger partial charge < -0.3 is 14.8 Å². The van der Waals surface area contributed by atoms with E-state index in [0.717, 1.165) is 48.7 Å². The molecule has 0 spiro atoms. The summed E-state index contributed by atoms with van der Waals surface area (Å²) in [6, 6.07) is 18.3. The third-order valence-corrected chi connectivity index (χ3v) is 8.17. The SMILES string of the molecule is CCCS(=O)(=O)c1[nH]c(N2CCN(c3ccccc3)CC2)c(-c2ccccc2C)c1Cl. The van der Waals surface area contributed by atoms with Crippen molar-refractivity contribution in [2.45, 2.75) is 25.3 Å². The van der Waals surface area contributed by atoms with E-state index >= 15 is 0 Å². The Hall–Kier alpha value is -2.44. The van der Waals surface area contributed by atoms with Crippen LogP contribution in [0.5, 0.6) is 0 Å². The minimum absolute atomic E-state index is 0.0711. The Morgan fingerprint density at radius 2 is 1.55 bits per heavy atom. The van der Waals surface area contributed by atoms with Crippen molar-refractivity contribution < 1.29 is 8.42 Å². The molecule has 1 aliphatic heterocycles. The first-order valence-corrected chi connectivity index (χ1v) is 12.7. The third kappa shape index (κ3) is 4.32. The monoisotopic (exact) mass is 457 g/mol. The van der Waals surface area contributed by atoms with Crippen LogP contribution in [0.1, 0.15) is 18.9 Å². The second-order valence-corrected chi connectivity index (χ2v) is 10.4. The number of nitrogens with zero attached hydrogens (tertiary/aromatic N) is 2. The second kappa shape index (κ2) is 8.97. The topological polar surface area (TPSA) is 56.4 Å². The van der Waals surface area contributed by atoms with Crippen LogP contribution in [0.4, 0.5) is 11.5 Å². The highest BCUT2D eigenvalue weighted by molar-refractivity contribution is 7.91. The van der Waals surface area contributed by atoms with Crippen LogP contribution in [0, 0.1) is 6.92 Å². The number of anilines is 2. The molecule has 0 atom stereocenters. The molecule has 31 heavy (non-hydrogen) atoms. The normalized spacial score (nSPS) is 14.8. The molecule has 1 N–H and O–H groups in total. The number of benzene rings is 2. The maximum Gasteiger partial charge on any atom is 0.195 e. The summed E-state index contributed by atoms with van der Waals surface area (Å²) in [5, 5.41) is 0.429. The molecular formula is C24H28ClN3O2S. The van der Waals surface area contributed by atoms with Crippen molar-refractivity contribution in [3.05, 3.63) is 65.2 Å². The van der Waals surface area contributed by atoms with E-state index in [1.165, 1.54) is 5.69 Å². The highest BCUT2D eigenvalue weighted by Gasteiger charge is 2.30. The van der Waals surface area contributed by atoms with Gasteiger partial charge in [-0.2, -0.15) is 0 Å². The summed E-state index contributed by atoms with van der Waals surface area (Å²) < 4.78 is 25.8. The van der Waals surface area contributed by atoms with Crippen LogP contribution in [0.2, 0.25) is 5.02 Å². The van der Waals surface area contributed by atoms with E-state index in [-0.39, 0.29) is 10.8 Å². The molecule has 7 heteroatoms. The van der Waals surface area contributed by atoms with Gasteiger partial charge in [0.1, 0.15) is 5.82 Å². The Morgan fingerprint density at radius 1 is 0.935 bits per heavy atom. The molecule has 1 fully saturated rings. The number of aryl methyl sites for hydroxylation is 1. The van der Waals surface area contributed by atoms with E-state index in [2.05, 4.69) is 26.9 Å². The number of para-hydroxylation sites is 1. The summed E-state index contributed by atoms with van der Waals surface area (Å²) >= 11 is 6.75. The van der Waals surface area contributed by atoms with E-state index in [4.69, 9.17) is 11.6 Å². The molecule has 1 aromatic heterocycles. The first-order chi connectivity index (χ1) is 14.9. The maximum atomic E-state index is 12.9. The largest absolute Gasteiger partial charge is 0.368 e. The van der Waals surface area contributed by atoms with Gasteiger partial charge in [-0.05, 0) is 36.6 Å². The van der Waals surface area contributed by atoms with Gasteiger partial charge in [-0.15, -0.1) is 0 Å². The van der Waals surface area contributed by atoms with Crippen LogP contribution >= 0.6 is 11.6 Å². The predicted molar refractivity (Wildman–Crippen MR) is 129 cm³/mol. The lowest BCUT2D eigenvalue weighted by atomic mass is 10.0. The van der Waals surface area contributed by atoms with E-state index in [0.29, 0.717) is 11.4 Å². The lowest BCUT2D eigenvalue weighted by Crippen LogP contribution is -2.46. The first kappa shape index (κ1) is 21.8. The maximum absolute atomic E-state index is 12.9. The first-order valence-electron chi connectivity index (χ1n) is 10.7. The van der Waals surface area contributed by atoms with Crippen LogP contribution < -0.4 is 9.80 Å². The van der Waals surface area contributed by atoms with Crippen molar-refractivity contribution in [1.82, 2.24) is 4.98 Å². The summed E-state index contributed by atoms with van der Waals surface area (Å²) in [7, 11) is -3.48. The molecule has 0 saturated carbocycles. The van der Waals surface area contributed by atoms with Gasteiger partial charge in [-0.1, -0.05) is 61.0 Å². The quantitative estimate of drug-likeness (QED) is 0.555. The van der Waals surface area contributed by atoms with Crippen molar-refractivity contribution in [2.24, 2.45) is 0 Å². The molecule has 4 rings (SSSR count). The summed E-state index contributed by atoms with van der Waals surface area (Å²) in [4.78, 5) is 7.78. The smallest absolute Gasteiger partial charge is 0.195 e. The minimum Gasteiger partial charge on any atom is -0.368 e.